The summed E-state index contributed by atoms with van der Waals surface area (Å²) >= 11 is 0. The number of guanidine groups is 1. The molecule has 4 nitrogen and oxygen atoms in total. The first kappa shape index (κ1) is 21.0. The molecule has 0 heterocycles. The monoisotopic (exact) mass is 419 g/mol. The average Bonchev–Trinajstić information content (AvgIpc) is 2.47. The van der Waals surface area contributed by atoms with E-state index in [0.717, 1.165) is 37.6 Å². The van der Waals surface area contributed by atoms with Gasteiger partial charge in [-0.05, 0) is 44.4 Å². The number of halogens is 1. The normalized spacial score (nSPS) is 11.0. The molecular formula is C17H30IN3O. The second-order valence-electron chi connectivity index (χ2n) is 5.34. The Hall–Kier alpha value is -0.980. The molecule has 1 rings (SSSR count). The van der Waals surface area contributed by atoms with Gasteiger partial charge in [0.2, 0.25) is 0 Å². The van der Waals surface area contributed by atoms with Gasteiger partial charge in [-0.15, -0.1) is 24.0 Å². The molecule has 0 atom stereocenters. The number of ether oxygens (including phenoxy) is 1. The molecule has 0 aliphatic rings. The first-order chi connectivity index (χ1) is 10.2. The van der Waals surface area contributed by atoms with Crippen molar-refractivity contribution in [2.45, 2.75) is 46.1 Å². The highest BCUT2D eigenvalue weighted by Gasteiger charge is 2.00. The Morgan fingerprint density at radius 1 is 1.14 bits per heavy atom. The van der Waals surface area contributed by atoms with Gasteiger partial charge in [0.1, 0.15) is 5.75 Å². The Bertz CT molecular complexity index is 418. The topological polar surface area (TPSA) is 45.7 Å². The van der Waals surface area contributed by atoms with Crippen molar-refractivity contribution >= 4 is 29.9 Å². The molecule has 0 radical (unpaired) electrons. The van der Waals surface area contributed by atoms with Gasteiger partial charge >= 0.3 is 0 Å². The maximum absolute atomic E-state index is 5.64. The van der Waals surface area contributed by atoms with E-state index in [0.29, 0.717) is 0 Å². The fourth-order valence-electron chi connectivity index (χ4n) is 1.94. The molecule has 0 aliphatic heterocycles. The molecule has 0 fully saturated rings. The summed E-state index contributed by atoms with van der Waals surface area (Å²) in [6, 6.07) is 8.30. The van der Waals surface area contributed by atoms with E-state index >= 15 is 0 Å². The lowest BCUT2D eigenvalue weighted by Crippen LogP contribution is -2.38. The Balaban J connectivity index is 0.00000441. The van der Waals surface area contributed by atoms with Crippen LogP contribution in [0, 0.1) is 0 Å². The molecule has 0 unspecified atom stereocenters. The van der Waals surface area contributed by atoms with Gasteiger partial charge in [-0.1, -0.05) is 25.5 Å². The highest BCUT2D eigenvalue weighted by atomic mass is 127. The Labute approximate surface area is 152 Å². The number of hydrogen-bond acceptors (Lipinski definition) is 2. The number of hydrogen-bond donors (Lipinski definition) is 2. The lowest BCUT2D eigenvalue weighted by molar-refractivity contribution is 0.242. The Morgan fingerprint density at radius 2 is 1.77 bits per heavy atom. The maximum Gasteiger partial charge on any atom is 0.190 e. The van der Waals surface area contributed by atoms with Crippen molar-refractivity contribution in [3.8, 4) is 5.75 Å². The fraction of sp³-hybridized carbons (Fsp3) is 0.588. The number of benzene rings is 1. The van der Waals surface area contributed by atoms with Crippen LogP contribution in [-0.4, -0.2) is 32.2 Å². The summed E-state index contributed by atoms with van der Waals surface area (Å²) in [7, 11) is 1.80. The van der Waals surface area contributed by atoms with E-state index in [1.165, 1.54) is 12.0 Å². The molecule has 0 spiro atoms. The molecule has 0 amide bonds. The lowest BCUT2D eigenvalue weighted by atomic mass is 10.1. The standard InChI is InChI=1S/C17H29N3O.HI/c1-5-6-12-19-17(18-4)20-13-11-15-7-9-16(10-8-15)21-14(2)3;/h7-10,14H,5-6,11-13H2,1-4H3,(H2,18,19,20);1H. The third-order valence-electron chi connectivity index (χ3n) is 3.05. The van der Waals surface area contributed by atoms with Crippen LogP contribution in [0.15, 0.2) is 29.3 Å². The second kappa shape index (κ2) is 12.6. The van der Waals surface area contributed by atoms with E-state index in [1.54, 1.807) is 7.05 Å². The van der Waals surface area contributed by atoms with Gasteiger partial charge in [-0.25, -0.2) is 0 Å². The second-order valence-corrected chi connectivity index (χ2v) is 5.34. The van der Waals surface area contributed by atoms with Crippen LogP contribution in [0.3, 0.4) is 0 Å². The van der Waals surface area contributed by atoms with Crippen LogP contribution in [-0.2, 0) is 6.42 Å². The van der Waals surface area contributed by atoms with Gasteiger partial charge in [-0.2, -0.15) is 0 Å². The van der Waals surface area contributed by atoms with Crippen LogP contribution in [0.25, 0.3) is 0 Å². The lowest BCUT2D eigenvalue weighted by Gasteiger charge is -2.12. The fourth-order valence-corrected chi connectivity index (χ4v) is 1.94. The molecule has 22 heavy (non-hydrogen) atoms. The van der Waals surface area contributed by atoms with E-state index in [4.69, 9.17) is 4.74 Å². The molecule has 0 aliphatic carbocycles. The summed E-state index contributed by atoms with van der Waals surface area (Å²) in [6.07, 6.45) is 3.54. The highest BCUT2D eigenvalue weighted by Crippen LogP contribution is 2.13. The van der Waals surface area contributed by atoms with Gasteiger partial charge in [-0.3, -0.25) is 4.99 Å². The minimum absolute atomic E-state index is 0. The maximum atomic E-state index is 5.64. The Kier molecular flexibility index (Phi) is 12.0. The molecule has 2 N–H and O–H groups in total. The van der Waals surface area contributed by atoms with Crippen molar-refractivity contribution in [1.29, 1.82) is 0 Å². The SMILES string of the molecule is CCCCNC(=NC)NCCc1ccc(OC(C)C)cc1.I. The zero-order valence-electron chi connectivity index (χ0n) is 14.2. The minimum atomic E-state index is 0. The van der Waals surface area contributed by atoms with Crippen LogP contribution < -0.4 is 15.4 Å². The molecule has 0 bridgehead atoms. The van der Waals surface area contributed by atoms with Crippen LogP contribution in [0.2, 0.25) is 0 Å². The van der Waals surface area contributed by atoms with Crippen molar-refractivity contribution < 1.29 is 4.74 Å². The van der Waals surface area contributed by atoms with Gasteiger partial charge in [0.25, 0.3) is 0 Å². The summed E-state index contributed by atoms with van der Waals surface area (Å²) in [6.45, 7) is 8.10. The number of unbranched alkanes of at least 4 members (excludes halogenated alkanes) is 1. The summed E-state index contributed by atoms with van der Waals surface area (Å²) in [5, 5.41) is 6.64. The zero-order chi connectivity index (χ0) is 15.5. The van der Waals surface area contributed by atoms with Gasteiger partial charge in [0.05, 0.1) is 6.10 Å². The van der Waals surface area contributed by atoms with Gasteiger partial charge in [0, 0.05) is 20.1 Å². The van der Waals surface area contributed by atoms with Crippen LogP contribution >= 0.6 is 24.0 Å². The summed E-state index contributed by atoms with van der Waals surface area (Å²) in [5.41, 5.74) is 1.29. The van der Waals surface area contributed by atoms with Crippen molar-refractivity contribution in [2.75, 3.05) is 20.1 Å². The number of nitrogens with one attached hydrogen (secondary N) is 2. The van der Waals surface area contributed by atoms with Gasteiger partial charge < -0.3 is 15.4 Å². The quantitative estimate of drug-likeness (QED) is 0.293. The average molecular weight is 419 g/mol. The highest BCUT2D eigenvalue weighted by molar-refractivity contribution is 14.0. The van der Waals surface area contributed by atoms with Crippen molar-refractivity contribution in [3.63, 3.8) is 0 Å². The summed E-state index contributed by atoms with van der Waals surface area (Å²) in [4.78, 5) is 4.21. The van der Waals surface area contributed by atoms with Crippen LogP contribution in [0.5, 0.6) is 5.75 Å². The predicted octanol–water partition coefficient (Wildman–Crippen LogP) is 3.60. The molecule has 5 heteroatoms. The molecule has 126 valence electrons. The predicted molar refractivity (Wildman–Crippen MR) is 106 cm³/mol. The largest absolute Gasteiger partial charge is 0.491 e. The van der Waals surface area contributed by atoms with E-state index in [-0.39, 0.29) is 30.1 Å². The Morgan fingerprint density at radius 3 is 2.32 bits per heavy atom. The van der Waals surface area contributed by atoms with E-state index in [1.807, 2.05) is 26.0 Å². The number of aliphatic imine (C=N–C) groups is 1. The van der Waals surface area contributed by atoms with Crippen molar-refractivity contribution in [2.24, 2.45) is 4.99 Å². The van der Waals surface area contributed by atoms with Crippen LogP contribution in [0.1, 0.15) is 39.2 Å². The van der Waals surface area contributed by atoms with Crippen molar-refractivity contribution in [3.05, 3.63) is 29.8 Å². The molecular weight excluding hydrogens is 389 g/mol. The van der Waals surface area contributed by atoms with Crippen LogP contribution in [0.4, 0.5) is 0 Å². The summed E-state index contributed by atoms with van der Waals surface area (Å²) in [5.74, 6) is 1.81. The molecule has 1 aromatic carbocycles. The number of rotatable bonds is 8. The number of nitrogens with zero attached hydrogens (tertiary/aromatic N) is 1. The smallest absolute Gasteiger partial charge is 0.190 e. The van der Waals surface area contributed by atoms with Crippen molar-refractivity contribution in [1.82, 2.24) is 10.6 Å². The first-order valence-electron chi connectivity index (χ1n) is 7.85. The molecule has 0 saturated carbocycles. The molecule has 1 aromatic rings. The molecule has 0 aromatic heterocycles. The zero-order valence-corrected chi connectivity index (χ0v) is 16.5. The summed E-state index contributed by atoms with van der Waals surface area (Å²) < 4.78 is 5.64. The van der Waals surface area contributed by atoms with Gasteiger partial charge in [0.15, 0.2) is 5.96 Å². The first-order valence-corrected chi connectivity index (χ1v) is 7.85. The van der Waals surface area contributed by atoms with E-state index in [9.17, 15) is 0 Å². The minimum Gasteiger partial charge on any atom is -0.491 e. The molecule has 0 saturated heterocycles. The van der Waals surface area contributed by atoms with E-state index < -0.39 is 0 Å². The van der Waals surface area contributed by atoms with E-state index in [2.05, 4.69) is 34.7 Å². The third-order valence-corrected chi connectivity index (χ3v) is 3.05. The third kappa shape index (κ3) is 9.12.